The summed E-state index contributed by atoms with van der Waals surface area (Å²) in [7, 11) is 1.97. The lowest BCUT2D eigenvalue weighted by molar-refractivity contribution is 0.174. The van der Waals surface area contributed by atoms with Crippen molar-refractivity contribution >= 4 is 23.1 Å². The molecule has 1 aliphatic rings. The molecule has 0 saturated carbocycles. The number of hydrogen-bond acceptors (Lipinski definition) is 8. The van der Waals surface area contributed by atoms with Gasteiger partial charge in [0.15, 0.2) is 28.6 Å². The van der Waals surface area contributed by atoms with Crippen molar-refractivity contribution in [3.8, 4) is 27.8 Å². The molecule has 0 N–H and O–H groups in total. The molecule has 0 spiro atoms. The Labute approximate surface area is 213 Å². The zero-order chi connectivity index (χ0) is 24.6. The summed E-state index contributed by atoms with van der Waals surface area (Å²) >= 11 is 3.23. The fourth-order valence-electron chi connectivity index (χ4n) is 3.77. The third-order valence-corrected chi connectivity index (χ3v) is 7.78. The first kappa shape index (κ1) is 23.7. The van der Waals surface area contributed by atoms with Gasteiger partial charge >= 0.3 is 0 Å². The Morgan fingerprint density at radius 1 is 1.09 bits per heavy atom. The average molecular weight is 509 g/mol. The second-order valence-electron chi connectivity index (χ2n) is 9.43. The van der Waals surface area contributed by atoms with Gasteiger partial charge in [-0.05, 0) is 48.2 Å². The topological polar surface area (TPSA) is 71.3 Å². The minimum absolute atomic E-state index is 0.114. The maximum absolute atomic E-state index is 6.15. The molecule has 1 aliphatic heterocycles. The van der Waals surface area contributed by atoms with E-state index in [-0.39, 0.29) is 18.3 Å². The second kappa shape index (κ2) is 9.54. The molecule has 9 heteroatoms. The third-order valence-electron chi connectivity index (χ3n) is 5.79. The van der Waals surface area contributed by atoms with Gasteiger partial charge in [-0.2, -0.15) is 0 Å². The number of nitrogens with zero attached hydrogens (tertiary/aromatic N) is 4. The predicted octanol–water partition coefficient (Wildman–Crippen LogP) is 6.40. The highest BCUT2D eigenvalue weighted by Gasteiger charge is 2.19. The van der Waals surface area contributed by atoms with Gasteiger partial charge in [-0.1, -0.05) is 44.7 Å². The van der Waals surface area contributed by atoms with Crippen LogP contribution in [0.1, 0.15) is 50.9 Å². The van der Waals surface area contributed by atoms with Crippen LogP contribution in [0.5, 0.6) is 17.2 Å². The van der Waals surface area contributed by atoms with Crippen LogP contribution < -0.4 is 14.2 Å². The molecule has 0 radical (unpaired) electrons. The van der Waals surface area contributed by atoms with Crippen LogP contribution in [0.4, 0.5) is 0 Å². The molecule has 35 heavy (non-hydrogen) atoms. The van der Waals surface area contributed by atoms with Crippen LogP contribution in [0.2, 0.25) is 0 Å². The molecule has 7 nitrogen and oxygen atoms in total. The van der Waals surface area contributed by atoms with Crippen LogP contribution in [0.15, 0.2) is 53.0 Å². The van der Waals surface area contributed by atoms with E-state index in [9.17, 15) is 0 Å². The highest BCUT2D eigenvalue weighted by molar-refractivity contribution is 7.98. The van der Waals surface area contributed by atoms with Crippen molar-refractivity contribution in [2.45, 2.75) is 50.1 Å². The Hall–Kier alpha value is -3.04. The molecule has 0 amide bonds. The normalized spacial score (nSPS) is 13.7. The Bertz CT molecular complexity index is 1330. The Kier molecular flexibility index (Phi) is 6.46. The van der Waals surface area contributed by atoms with Gasteiger partial charge in [0.05, 0.1) is 5.69 Å². The molecular formula is C26H28N4O3S2. The summed E-state index contributed by atoms with van der Waals surface area (Å²) in [5.74, 6) is 3.85. The highest BCUT2D eigenvalue weighted by atomic mass is 32.2. The van der Waals surface area contributed by atoms with E-state index in [1.807, 2.05) is 48.9 Å². The second-order valence-corrected chi connectivity index (χ2v) is 11.2. The maximum Gasteiger partial charge on any atom is 0.231 e. The van der Waals surface area contributed by atoms with Crippen LogP contribution in [-0.2, 0) is 18.2 Å². The summed E-state index contributed by atoms with van der Waals surface area (Å²) in [6.45, 7) is 8.87. The van der Waals surface area contributed by atoms with Crippen molar-refractivity contribution in [3.63, 3.8) is 0 Å². The van der Waals surface area contributed by atoms with E-state index in [0.29, 0.717) is 5.75 Å². The Morgan fingerprint density at radius 3 is 2.63 bits per heavy atom. The first-order valence-corrected chi connectivity index (χ1v) is 13.3. The van der Waals surface area contributed by atoms with Crippen molar-refractivity contribution in [2.75, 3.05) is 6.79 Å². The summed E-state index contributed by atoms with van der Waals surface area (Å²) < 4.78 is 19.0. The van der Waals surface area contributed by atoms with E-state index in [4.69, 9.17) is 19.2 Å². The summed E-state index contributed by atoms with van der Waals surface area (Å²) in [6.07, 6.45) is -0.223. The first-order chi connectivity index (χ1) is 16.8. The number of hydrogen-bond donors (Lipinski definition) is 0. The molecule has 0 aliphatic carbocycles. The van der Waals surface area contributed by atoms with Gasteiger partial charge in [-0.25, -0.2) is 4.98 Å². The quantitative estimate of drug-likeness (QED) is 0.268. The van der Waals surface area contributed by atoms with E-state index < -0.39 is 0 Å². The predicted molar refractivity (Wildman–Crippen MR) is 138 cm³/mol. The van der Waals surface area contributed by atoms with Gasteiger partial charge in [0.1, 0.15) is 10.8 Å². The summed E-state index contributed by atoms with van der Waals surface area (Å²) in [5, 5.41) is 12.6. The molecule has 1 atom stereocenters. The third kappa shape index (κ3) is 5.16. The van der Waals surface area contributed by atoms with Crippen LogP contribution in [0.3, 0.4) is 0 Å². The van der Waals surface area contributed by atoms with E-state index >= 15 is 0 Å². The van der Waals surface area contributed by atoms with Crippen LogP contribution >= 0.6 is 23.1 Å². The van der Waals surface area contributed by atoms with Gasteiger partial charge in [-0.15, -0.1) is 21.5 Å². The molecule has 2 aromatic heterocycles. The van der Waals surface area contributed by atoms with E-state index in [1.165, 1.54) is 5.56 Å². The fraction of sp³-hybridized carbons (Fsp3) is 0.346. The first-order valence-electron chi connectivity index (χ1n) is 11.4. The van der Waals surface area contributed by atoms with Crippen molar-refractivity contribution in [1.82, 2.24) is 19.7 Å². The molecule has 182 valence electrons. The lowest BCUT2D eigenvalue weighted by Gasteiger charge is -2.20. The molecule has 0 bridgehead atoms. The summed E-state index contributed by atoms with van der Waals surface area (Å²) in [4.78, 5) is 4.79. The van der Waals surface area contributed by atoms with Crippen LogP contribution in [-0.4, -0.2) is 26.5 Å². The molecular weight excluding hydrogens is 480 g/mol. The minimum atomic E-state index is -0.223. The highest BCUT2D eigenvalue weighted by Crippen LogP contribution is 2.37. The largest absolute Gasteiger partial charge is 0.483 e. The van der Waals surface area contributed by atoms with E-state index in [1.54, 1.807) is 23.1 Å². The number of aromatic nitrogens is 4. The number of benzene rings is 2. The van der Waals surface area contributed by atoms with Gasteiger partial charge in [0.2, 0.25) is 6.79 Å². The van der Waals surface area contributed by atoms with Gasteiger partial charge in [0, 0.05) is 23.7 Å². The smallest absolute Gasteiger partial charge is 0.231 e. The molecule has 0 fully saturated rings. The standard InChI is InChI=1S/C26H28N4O3S2/c1-16(33-20-9-7-18(8-10-20)26(2,3)4)23-28-29-25(30(23)5)35-14-19-13-34-24(27-19)17-6-11-21-22(12-17)32-15-31-21/h6-13,16H,14-15H2,1-5H3. The minimum Gasteiger partial charge on any atom is -0.483 e. The van der Waals surface area contributed by atoms with Crippen molar-refractivity contribution in [3.05, 3.63) is 64.9 Å². The molecule has 1 unspecified atom stereocenters. The lowest BCUT2D eigenvalue weighted by Crippen LogP contribution is -2.12. The monoisotopic (exact) mass is 508 g/mol. The van der Waals surface area contributed by atoms with Crippen LogP contribution in [0.25, 0.3) is 10.6 Å². The van der Waals surface area contributed by atoms with Gasteiger partial charge in [-0.3, -0.25) is 0 Å². The van der Waals surface area contributed by atoms with Gasteiger partial charge < -0.3 is 18.8 Å². The average Bonchev–Trinajstić information content (AvgIpc) is 3.57. The van der Waals surface area contributed by atoms with E-state index in [0.717, 1.165) is 44.5 Å². The number of rotatable bonds is 7. The Balaban J connectivity index is 1.21. The summed E-state index contributed by atoms with van der Waals surface area (Å²) in [6, 6.07) is 14.2. The number of thioether (sulfide) groups is 1. The molecule has 2 aromatic carbocycles. The number of ether oxygens (including phenoxy) is 3. The molecule has 4 aromatic rings. The van der Waals surface area contributed by atoms with Crippen LogP contribution in [0, 0.1) is 0 Å². The molecule has 0 saturated heterocycles. The van der Waals surface area contributed by atoms with Crippen molar-refractivity contribution in [2.24, 2.45) is 7.05 Å². The van der Waals surface area contributed by atoms with Gasteiger partial charge in [0.25, 0.3) is 0 Å². The van der Waals surface area contributed by atoms with E-state index in [2.05, 4.69) is 48.5 Å². The fourth-order valence-corrected chi connectivity index (χ4v) is 5.50. The number of fused-ring (bicyclic) bond motifs is 1. The molecule has 5 rings (SSSR count). The lowest BCUT2D eigenvalue weighted by atomic mass is 9.87. The Morgan fingerprint density at radius 2 is 1.86 bits per heavy atom. The zero-order valence-corrected chi connectivity index (χ0v) is 22.1. The zero-order valence-electron chi connectivity index (χ0n) is 20.4. The van der Waals surface area contributed by atoms with Crippen molar-refractivity contribution in [1.29, 1.82) is 0 Å². The van der Waals surface area contributed by atoms with Crippen molar-refractivity contribution < 1.29 is 14.2 Å². The SMILES string of the molecule is CC(Oc1ccc(C(C)(C)C)cc1)c1nnc(SCc2csc(-c3ccc4c(c3)OCO4)n2)n1C. The number of thiazole rings is 1. The molecule has 3 heterocycles. The maximum atomic E-state index is 6.15. The summed E-state index contributed by atoms with van der Waals surface area (Å²) in [5.41, 5.74) is 3.42.